The third-order valence-electron chi connectivity index (χ3n) is 5.31. The number of carbonyl (C=O) groups is 1. The summed E-state index contributed by atoms with van der Waals surface area (Å²) in [4.78, 5) is 20.5. The fourth-order valence-corrected chi connectivity index (χ4v) is 3.76. The molecular weight excluding hydrogens is 395 g/mol. The molecule has 29 heavy (non-hydrogen) atoms. The molecule has 0 bridgehead atoms. The SMILES string of the molecule is NC(=O)c1cnc2ccc(-c3c(-c4ccc(F)c(Cl)c4)ncn3C3CCC3)nn12. The van der Waals surface area contributed by atoms with Gasteiger partial charge >= 0.3 is 0 Å². The predicted molar refractivity (Wildman–Crippen MR) is 106 cm³/mol. The average Bonchev–Trinajstić information content (AvgIpc) is 3.26. The molecule has 0 aliphatic heterocycles. The van der Waals surface area contributed by atoms with Crippen LogP contribution in [0.4, 0.5) is 4.39 Å². The number of halogens is 2. The number of benzene rings is 1. The number of rotatable bonds is 4. The van der Waals surface area contributed by atoms with Gasteiger partial charge in [-0.25, -0.2) is 18.9 Å². The minimum absolute atomic E-state index is 0.0284. The van der Waals surface area contributed by atoms with Crippen LogP contribution in [0.3, 0.4) is 0 Å². The van der Waals surface area contributed by atoms with Crippen LogP contribution in [0.25, 0.3) is 28.3 Å². The highest BCUT2D eigenvalue weighted by Crippen LogP contribution is 2.39. The molecule has 146 valence electrons. The van der Waals surface area contributed by atoms with Crippen LogP contribution in [-0.2, 0) is 0 Å². The molecule has 1 saturated carbocycles. The first kappa shape index (κ1) is 17.8. The van der Waals surface area contributed by atoms with Crippen LogP contribution in [0.5, 0.6) is 0 Å². The van der Waals surface area contributed by atoms with Gasteiger partial charge in [0.05, 0.1) is 28.9 Å². The zero-order valence-electron chi connectivity index (χ0n) is 15.2. The molecule has 4 aromatic rings. The van der Waals surface area contributed by atoms with E-state index in [1.807, 2.05) is 6.07 Å². The number of nitrogens with two attached hydrogens (primary N) is 1. The number of imidazole rings is 2. The summed E-state index contributed by atoms with van der Waals surface area (Å²) in [6.07, 6.45) is 6.43. The van der Waals surface area contributed by atoms with Crippen molar-refractivity contribution in [3.8, 4) is 22.6 Å². The van der Waals surface area contributed by atoms with Crippen LogP contribution < -0.4 is 5.73 Å². The summed E-state index contributed by atoms with van der Waals surface area (Å²) in [6.45, 7) is 0. The average molecular weight is 411 g/mol. The Morgan fingerprint density at radius 3 is 2.72 bits per heavy atom. The van der Waals surface area contributed by atoms with Gasteiger partial charge in [0.25, 0.3) is 5.91 Å². The van der Waals surface area contributed by atoms with Crippen molar-refractivity contribution in [3.63, 3.8) is 0 Å². The molecule has 0 unspecified atom stereocenters. The molecule has 0 radical (unpaired) electrons. The molecule has 1 fully saturated rings. The summed E-state index contributed by atoms with van der Waals surface area (Å²) in [5, 5.41) is 4.64. The van der Waals surface area contributed by atoms with E-state index in [1.165, 1.54) is 16.8 Å². The quantitative estimate of drug-likeness (QED) is 0.552. The van der Waals surface area contributed by atoms with Crippen molar-refractivity contribution >= 4 is 23.2 Å². The van der Waals surface area contributed by atoms with E-state index in [-0.39, 0.29) is 10.7 Å². The normalized spacial score (nSPS) is 14.3. The Bertz CT molecular complexity index is 1260. The van der Waals surface area contributed by atoms with Crippen LogP contribution in [0.2, 0.25) is 5.02 Å². The second-order valence-corrected chi connectivity index (χ2v) is 7.47. The molecule has 3 heterocycles. The minimum Gasteiger partial charge on any atom is -0.364 e. The van der Waals surface area contributed by atoms with Gasteiger partial charge in [0.15, 0.2) is 5.65 Å². The van der Waals surface area contributed by atoms with Gasteiger partial charge in [-0.1, -0.05) is 11.6 Å². The van der Waals surface area contributed by atoms with Crippen LogP contribution in [0, 0.1) is 5.82 Å². The topological polar surface area (TPSA) is 91.1 Å². The molecule has 1 aromatic carbocycles. The summed E-state index contributed by atoms with van der Waals surface area (Å²) in [7, 11) is 0. The van der Waals surface area contributed by atoms with Crippen LogP contribution in [-0.4, -0.2) is 30.1 Å². The Hall–Kier alpha value is -3.26. The number of hydrogen-bond donors (Lipinski definition) is 1. The summed E-state index contributed by atoms with van der Waals surface area (Å²) in [5.41, 5.74) is 8.88. The molecule has 1 aliphatic rings. The van der Waals surface area contributed by atoms with Gasteiger partial charge in [0.1, 0.15) is 17.2 Å². The molecule has 7 nitrogen and oxygen atoms in total. The second kappa shape index (κ2) is 6.66. The summed E-state index contributed by atoms with van der Waals surface area (Å²) in [6, 6.07) is 8.43. The van der Waals surface area contributed by atoms with Crippen LogP contribution in [0.15, 0.2) is 42.9 Å². The van der Waals surface area contributed by atoms with Crippen molar-refractivity contribution in [3.05, 3.63) is 59.4 Å². The van der Waals surface area contributed by atoms with Gasteiger partial charge in [-0.3, -0.25) is 4.79 Å². The Kier molecular flexibility index (Phi) is 4.09. The lowest BCUT2D eigenvalue weighted by atomic mass is 9.92. The third-order valence-corrected chi connectivity index (χ3v) is 5.60. The molecule has 0 saturated heterocycles. The Morgan fingerprint density at radius 2 is 2.03 bits per heavy atom. The van der Waals surface area contributed by atoms with E-state index in [0.717, 1.165) is 25.0 Å². The van der Waals surface area contributed by atoms with Gasteiger partial charge in [0, 0.05) is 11.6 Å². The fourth-order valence-electron chi connectivity index (χ4n) is 3.58. The molecule has 0 atom stereocenters. The predicted octanol–water partition coefficient (Wildman–Crippen LogP) is 3.88. The molecule has 2 N–H and O–H groups in total. The lowest BCUT2D eigenvalue weighted by Gasteiger charge is -2.28. The zero-order valence-corrected chi connectivity index (χ0v) is 16.0. The standard InChI is InChI=1S/C20H16ClFN6O/c21-13-8-11(4-5-14(13)22)18-19(27(10-25-18)12-2-1-3-12)15-6-7-17-24-9-16(20(23)29)28(17)26-15/h4-10,12H,1-3H2,(H2,23,29). The molecular formula is C20H16ClFN6O. The smallest absolute Gasteiger partial charge is 0.269 e. The molecule has 1 amide bonds. The Balaban J connectivity index is 1.73. The Morgan fingerprint density at radius 1 is 1.21 bits per heavy atom. The van der Waals surface area contributed by atoms with Crippen molar-refractivity contribution in [2.45, 2.75) is 25.3 Å². The van der Waals surface area contributed by atoms with E-state index in [4.69, 9.17) is 17.3 Å². The maximum atomic E-state index is 13.7. The lowest BCUT2D eigenvalue weighted by Crippen LogP contribution is -2.18. The first-order valence-electron chi connectivity index (χ1n) is 9.20. The van der Waals surface area contributed by atoms with Crippen LogP contribution in [0.1, 0.15) is 35.8 Å². The fraction of sp³-hybridized carbons (Fsp3) is 0.200. The summed E-state index contributed by atoms with van der Waals surface area (Å²) < 4.78 is 17.2. The van der Waals surface area contributed by atoms with E-state index >= 15 is 0 Å². The molecule has 1 aliphatic carbocycles. The molecule has 3 aromatic heterocycles. The first-order chi connectivity index (χ1) is 14.0. The van der Waals surface area contributed by atoms with Gasteiger partial charge < -0.3 is 10.3 Å². The number of hydrogen-bond acceptors (Lipinski definition) is 4. The number of aromatic nitrogens is 5. The van der Waals surface area contributed by atoms with Crippen molar-refractivity contribution in [2.24, 2.45) is 5.73 Å². The van der Waals surface area contributed by atoms with Crippen molar-refractivity contribution in [2.75, 3.05) is 0 Å². The van der Waals surface area contributed by atoms with Crippen molar-refractivity contribution < 1.29 is 9.18 Å². The highest BCUT2D eigenvalue weighted by Gasteiger charge is 2.26. The number of nitrogens with zero attached hydrogens (tertiary/aromatic N) is 5. The van der Waals surface area contributed by atoms with Gasteiger partial charge in [0.2, 0.25) is 0 Å². The highest BCUT2D eigenvalue weighted by atomic mass is 35.5. The monoisotopic (exact) mass is 410 g/mol. The third kappa shape index (κ3) is 2.87. The molecule has 9 heteroatoms. The van der Waals surface area contributed by atoms with E-state index in [0.29, 0.717) is 28.6 Å². The van der Waals surface area contributed by atoms with Gasteiger partial charge in [-0.05, 0) is 49.6 Å². The van der Waals surface area contributed by atoms with Gasteiger partial charge in [-0.2, -0.15) is 5.10 Å². The van der Waals surface area contributed by atoms with E-state index in [2.05, 4.69) is 19.6 Å². The summed E-state index contributed by atoms with van der Waals surface area (Å²) >= 11 is 6.00. The zero-order chi connectivity index (χ0) is 20.1. The largest absolute Gasteiger partial charge is 0.364 e. The lowest BCUT2D eigenvalue weighted by molar-refractivity contribution is 0.0993. The second-order valence-electron chi connectivity index (χ2n) is 7.06. The molecule has 0 spiro atoms. The van der Waals surface area contributed by atoms with Gasteiger partial charge in [-0.15, -0.1) is 0 Å². The van der Waals surface area contributed by atoms with Crippen molar-refractivity contribution in [1.82, 2.24) is 24.1 Å². The highest BCUT2D eigenvalue weighted by molar-refractivity contribution is 6.31. The van der Waals surface area contributed by atoms with E-state index < -0.39 is 11.7 Å². The van der Waals surface area contributed by atoms with Crippen molar-refractivity contribution in [1.29, 1.82) is 0 Å². The van der Waals surface area contributed by atoms with E-state index in [1.54, 1.807) is 24.5 Å². The van der Waals surface area contributed by atoms with E-state index in [9.17, 15) is 9.18 Å². The molecule has 5 rings (SSSR count). The Labute approximate surface area is 169 Å². The minimum atomic E-state index is -0.611. The number of primary amides is 1. The van der Waals surface area contributed by atoms with Crippen LogP contribution >= 0.6 is 11.6 Å². The maximum absolute atomic E-state index is 13.7. The maximum Gasteiger partial charge on any atom is 0.269 e. The number of amides is 1. The number of carbonyl (C=O) groups excluding carboxylic acids is 1. The first-order valence-corrected chi connectivity index (χ1v) is 9.58. The summed E-state index contributed by atoms with van der Waals surface area (Å²) in [5.74, 6) is -1.10. The number of fused-ring (bicyclic) bond motifs is 1.